The molecule has 0 aliphatic rings. The maximum absolute atomic E-state index is 11.4. The van der Waals surface area contributed by atoms with Crippen molar-refractivity contribution in [2.45, 2.75) is 6.42 Å². The molecule has 0 aliphatic heterocycles. The van der Waals surface area contributed by atoms with Crippen molar-refractivity contribution in [1.29, 1.82) is 0 Å². The maximum Gasteiger partial charge on any atom is 0.270 e. The minimum absolute atomic E-state index is 0.136. The van der Waals surface area contributed by atoms with E-state index in [9.17, 15) is 4.79 Å². The average Bonchev–Trinajstić information content (AvgIpc) is 2.90. The molecule has 0 aromatic carbocycles. The monoisotopic (exact) mass is 222 g/mol. The molecule has 1 amide bonds. The summed E-state index contributed by atoms with van der Waals surface area (Å²) in [5, 5.41) is 4.49. The Bertz CT molecular complexity index is 409. The van der Waals surface area contributed by atoms with Crippen LogP contribution in [0.1, 0.15) is 16.3 Å². The van der Waals surface area contributed by atoms with Gasteiger partial charge in [0.15, 0.2) is 0 Å². The highest BCUT2D eigenvalue weighted by Gasteiger charge is 2.06. The lowest BCUT2D eigenvalue weighted by atomic mass is 10.4. The first-order chi connectivity index (χ1) is 7.36. The van der Waals surface area contributed by atoms with Gasteiger partial charge in [0.05, 0.1) is 5.51 Å². The first kappa shape index (κ1) is 9.85. The number of carbonyl (C=O) groups is 1. The van der Waals surface area contributed by atoms with Gasteiger partial charge in [-0.15, -0.1) is 11.3 Å². The van der Waals surface area contributed by atoms with Crippen LogP contribution in [0.5, 0.6) is 0 Å². The Morgan fingerprint density at radius 2 is 2.47 bits per heavy atom. The molecule has 0 radical (unpaired) electrons. The summed E-state index contributed by atoms with van der Waals surface area (Å²) >= 11 is 1.41. The van der Waals surface area contributed by atoms with Crippen LogP contribution >= 0.6 is 11.3 Å². The molecule has 0 unspecified atom stereocenters. The molecule has 0 spiro atoms. The highest BCUT2D eigenvalue weighted by molar-refractivity contribution is 7.07. The van der Waals surface area contributed by atoms with Gasteiger partial charge in [0.25, 0.3) is 5.91 Å². The summed E-state index contributed by atoms with van der Waals surface area (Å²) < 4.78 is 0. The fraction of sp³-hybridized carbons (Fsp3) is 0.222. The van der Waals surface area contributed by atoms with Gasteiger partial charge in [-0.25, -0.2) is 9.97 Å². The third-order valence-corrected chi connectivity index (χ3v) is 2.45. The number of nitrogens with zero attached hydrogens (tertiary/aromatic N) is 2. The summed E-state index contributed by atoms with van der Waals surface area (Å²) in [7, 11) is 0. The molecule has 2 heterocycles. The van der Waals surface area contributed by atoms with Crippen LogP contribution in [0.4, 0.5) is 0 Å². The molecule has 0 saturated carbocycles. The molecule has 5 nitrogen and oxygen atoms in total. The lowest BCUT2D eigenvalue weighted by Crippen LogP contribution is -2.26. The SMILES string of the molecule is O=C(NCCc1ncc[nH]1)c1cscn1. The summed E-state index contributed by atoms with van der Waals surface area (Å²) in [5.41, 5.74) is 2.11. The smallest absolute Gasteiger partial charge is 0.270 e. The minimum Gasteiger partial charge on any atom is -0.350 e. The minimum atomic E-state index is -0.136. The van der Waals surface area contributed by atoms with E-state index < -0.39 is 0 Å². The zero-order valence-electron chi connectivity index (χ0n) is 7.93. The zero-order valence-corrected chi connectivity index (χ0v) is 8.75. The van der Waals surface area contributed by atoms with Crippen molar-refractivity contribution in [2.24, 2.45) is 0 Å². The Balaban J connectivity index is 1.77. The molecule has 2 N–H and O–H groups in total. The number of hydrogen-bond donors (Lipinski definition) is 2. The molecule has 2 rings (SSSR count). The molecule has 0 aliphatic carbocycles. The second-order valence-electron chi connectivity index (χ2n) is 2.92. The van der Waals surface area contributed by atoms with Crippen LogP contribution in [0.3, 0.4) is 0 Å². The van der Waals surface area contributed by atoms with Gasteiger partial charge in [0.1, 0.15) is 11.5 Å². The van der Waals surface area contributed by atoms with Crippen LogP contribution in [0.25, 0.3) is 0 Å². The number of aromatic nitrogens is 3. The lowest BCUT2D eigenvalue weighted by molar-refractivity contribution is 0.0949. The summed E-state index contributed by atoms with van der Waals surface area (Å²) in [6.07, 6.45) is 4.15. The number of H-pyrrole nitrogens is 1. The molecule has 0 bridgehead atoms. The number of rotatable bonds is 4. The average molecular weight is 222 g/mol. The number of aromatic amines is 1. The van der Waals surface area contributed by atoms with Crippen molar-refractivity contribution in [1.82, 2.24) is 20.3 Å². The van der Waals surface area contributed by atoms with Crippen molar-refractivity contribution in [3.8, 4) is 0 Å². The van der Waals surface area contributed by atoms with E-state index in [1.165, 1.54) is 11.3 Å². The van der Waals surface area contributed by atoms with E-state index >= 15 is 0 Å². The molecule has 6 heteroatoms. The van der Waals surface area contributed by atoms with Crippen LogP contribution in [0.2, 0.25) is 0 Å². The molecule has 78 valence electrons. The summed E-state index contributed by atoms with van der Waals surface area (Å²) in [5.74, 6) is 0.733. The highest BCUT2D eigenvalue weighted by Crippen LogP contribution is 2.00. The van der Waals surface area contributed by atoms with Crippen LogP contribution in [-0.2, 0) is 6.42 Å². The topological polar surface area (TPSA) is 70.7 Å². The summed E-state index contributed by atoms with van der Waals surface area (Å²) in [4.78, 5) is 22.4. The van der Waals surface area contributed by atoms with Crippen LogP contribution < -0.4 is 5.32 Å². The molecule has 0 fully saturated rings. The standard InChI is InChI=1S/C9H10N4OS/c14-9(7-5-15-6-13-7)12-2-1-8-10-3-4-11-8/h3-6H,1-2H2,(H,10,11)(H,12,14). The van der Waals surface area contributed by atoms with E-state index in [1.54, 1.807) is 23.3 Å². The number of hydrogen-bond acceptors (Lipinski definition) is 4. The third-order valence-electron chi connectivity index (χ3n) is 1.87. The Hall–Kier alpha value is -1.69. The van der Waals surface area contributed by atoms with Gasteiger partial charge in [0, 0.05) is 30.7 Å². The van der Waals surface area contributed by atoms with Gasteiger partial charge >= 0.3 is 0 Å². The Labute approximate surface area is 90.6 Å². The maximum atomic E-state index is 11.4. The van der Waals surface area contributed by atoms with E-state index in [-0.39, 0.29) is 5.91 Å². The largest absolute Gasteiger partial charge is 0.350 e. The highest BCUT2D eigenvalue weighted by atomic mass is 32.1. The van der Waals surface area contributed by atoms with E-state index in [1.807, 2.05) is 0 Å². The fourth-order valence-electron chi connectivity index (χ4n) is 1.14. The second-order valence-corrected chi connectivity index (χ2v) is 3.63. The first-order valence-electron chi connectivity index (χ1n) is 4.51. The van der Waals surface area contributed by atoms with Gasteiger partial charge in [-0.1, -0.05) is 0 Å². The first-order valence-corrected chi connectivity index (χ1v) is 5.45. The van der Waals surface area contributed by atoms with Crippen molar-refractivity contribution in [3.63, 3.8) is 0 Å². The Kier molecular flexibility index (Phi) is 3.08. The number of imidazole rings is 1. The van der Waals surface area contributed by atoms with E-state index in [0.29, 0.717) is 18.7 Å². The van der Waals surface area contributed by atoms with Gasteiger partial charge in [-0.3, -0.25) is 4.79 Å². The molecule has 2 aromatic rings. The molecular weight excluding hydrogens is 212 g/mol. The van der Waals surface area contributed by atoms with Crippen LogP contribution in [0, 0.1) is 0 Å². The van der Waals surface area contributed by atoms with E-state index in [4.69, 9.17) is 0 Å². The van der Waals surface area contributed by atoms with Gasteiger partial charge in [0.2, 0.25) is 0 Å². The number of carbonyl (C=O) groups excluding carboxylic acids is 1. The fourth-order valence-corrected chi connectivity index (χ4v) is 1.68. The van der Waals surface area contributed by atoms with Gasteiger partial charge in [-0.05, 0) is 0 Å². The van der Waals surface area contributed by atoms with Crippen molar-refractivity contribution in [2.75, 3.05) is 6.54 Å². The third kappa shape index (κ3) is 2.63. The summed E-state index contributed by atoms with van der Waals surface area (Å²) in [6.45, 7) is 0.559. The lowest BCUT2D eigenvalue weighted by Gasteiger charge is -2.00. The number of amides is 1. The molecule has 0 atom stereocenters. The second kappa shape index (κ2) is 4.70. The molecule has 2 aromatic heterocycles. The predicted octanol–water partition coefficient (Wildman–Crippen LogP) is 0.839. The Morgan fingerprint density at radius 3 is 3.13 bits per heavy atom. The van der Waals surface area contributed by atoms with E-state index in [2.05, 4.69) is 20.3 Å². The van der Waals surface area contributed by atoms with Crippen molar-refractivity contribution >= 4 is 17.2 Å². The van der Waals surface area contributed by atoms with Gasteiger partial charge in [-0.2, -0.15) is 0 Å². The number of nitrogens with one attached hydrogen (secondary N) is 2. The normalized spacial score (nSPS) is 10.1. The van der Waals surface area contributed by atoms with Crippen molar-refractivity contribution in [3.05, 3.63) is 34.8 Å². The molecule has 0 saturated heterocycles. The summed E-state index contributed by atoms with van der Waals surface area (Å²) in [6, 6.07) is 0. The van der Waals surface area contributed by atoms with Crippen LogP contribution in [-0.4, -0.2) is 27.4 Å². The van der Waals surface area contributed by atoms with E-state index in [0.717, 1.165) is 5.82 Å². The van der Waals surface area contributed by atoms with Crippen LogP contribution in [0.15, 0.2) is 23.3 Å². The number of thiazole rings is 1. The predicted molar refractivity (Wildman–Crippen MR) is 56.7 cm³/mol. The quantitative estimate of drug-likeness (QED) is 0.805. The molecule has 15 heavy (non-hydrogen) atoms. The van der Waals surface area contributed by atoms with Gasteiger partial charge < -0.3 is 10.3 Å². The molecular formula is C9H10N4OS. The Morgan fingerprint density at radius 1 is 1.53 bits per heavy atom. The zero-order chi connectivity index (χ0) is 10.5. The van der Waals surface area contributed by atoms with Crippen molar-refractivity contribution < 1.29 is 4.79 Å².